The highest BCUT2D eigenvalue weighted by Crippen LogP contribution is 2.33. The zero-order valence-electron chi connectivity index (χ0n) is 30.1. The number of rotatable bonds is 15. The van der Waals surface area contributed by atoms with E-state index in [1.54, 1.807) is 14.0 Å². The fraction of sp³-hybridized carbons (Fsp3) is 0.730. The lowest BCUT2D eigenvalue weighted by Crippen LogP contribution is -2.57. The molecule has 0 saturated heterocycles. The van der Waals surface area contributed by atoms with Crippen LogP contribution < -0.4 is 20.7 Å². The van der Waals surface area contributed by atoms with Crippen LogP contribution in [0.25, 0.3) is 0 Å². The number of hydrogen-bond acceptors (Lipinski definition) is 7. The number of ether oxygens (including phenoxy) is 2. The summed E-state index contributed by atoms with van der Waals surface area (Å²) in [7, 11) is 1.69. The van der Waals surface area contributed by atoms with E-state index in [1.165, 1.54) is 23.8 Å². The molecule has 1 heterocycles. The molecule has 2 aliphatic rings. The number of fused-ring (bicyclic) bond motifs is 1. The van der Waals surface area contributed by atoms with Crippen molar-refractivity contribution in [3.63, 3.8) is 0 Å². The van der Waals surface area contributed by atoms with Gasteiger partial charge in [-0.25, -0.2) is 4.79 Å². The molecule has 3 amide bonds. The second-order valence-corrected chi connectivity index (χ2v) is 14.9. The van der Waals surface area contributed by atoms with Crippen LogP contribution in [0.4, 0.5) is 4.79 Å². The molecule has 0 bridgehead atoms. The number of alkyl carbamates (subject to hydrolysis) is 1. The molecule has 0 aromatic heterocycles. The van der Waals surface area contributed by atoms with Gasteiger partial charge >= 0.3 is 6.09 Å². The fourth-order valence-corrected chi connectivity index (χ4v) is 6.51. The average Bonchev–Trinajstić information content (AvgIpc) is 3.01. The number of para-hydroxylation sites is 1. The highest BCUT2D eigenvalue weighted by atomic mass is 16.6. The van der Waals surface area contributed by atoms with Crippen molar-refractivity contribution in [1.82, 2.24) is 20.9 Å². The zero-order valence-corrected chi connectivity index (χ0v) is 30.1. The Balaban J connectivity index is 1.63. The molecular weight excluding hydrogens is 596 g/mol. The number of carbonyl (C=O) groups is 4. The Kier molecular flexibility index (Phi) is 14.6. The molecule has 0 spiro atoms. The Bertz CT molecular complexity index is 1210. The molecule has 1 aromatic carbocycles. The van der Waals surface area contributed by atoms with Crippen LogP contribution in [0.5, 0.6) is 5.75 Å². The van der Waals surface area contributed by atoms with Crippen molar-refractivity contribution in [3.05, 3.63) is 29.3 Å². The third-order valence-corrected chi connectivity index (χ3v) is 9.26. The maximum absolute atomic E-state index is 14.0. The van der Waals surface area contributed by atoms with Gasteiger partial charge < -0.3 is 30.3 Å². The number of hydrogen-bond donors (Lipinski definition) is 3. The molecule has 1 aliphatic heterocycles. The van der Waals surface area contributed by atoms with Gasteiger partial charge in [0.15, 0.2) is 5.78 Å². The minimum absolute atomic E-state index is 0.0790. The first-order valence-corrected chi connectivity index (χ1v) is 17.7. The summed E-state index contributed by atoms with van der Waals surface area (Å²) in [5, 5.41) is 9.30. The molecule has 1 fully saturated rings. The van der Waals surface area contributed by atoms with Crippen LogP contribution in [0.15, 0.2) is 18.2 Å². The number of likely N-dealkylation sites (N-methyl/N-ethyl adjacent to an activating group) is 1. The predicted molar refractivity (Wildman–Crippen MR) is 184 cm³/mol. The Labute approximate surface area is 282 Å². The summed E-state index contributed by atoms with van der Waals surface area (Å²) in [6, 6.07) is 4.55. The van der Waals surface area contributed by atoms with Crippen molar-refractivity contribution < 1.29 is 28.7 Å². The molecule has 1 saturated carbocycles. The van der Waals surface area contributed by atoms with Gasteiger partial charge in [0.05, 0.1) is 12.1 Å². The van der Waals surface area contributed by atoms with Crippen molar-refractivity contribution >= 4 is 23.7 Å². The van der Waals surface area contributed by atoms with Gasteiger partial charge in [-0.3, -0.25) is 14.4 Å². The summed E-state index contributed by atoms with van der Waals surface area (Å²) in [6.07, 6.45) is 8.57. The molecule has 10 heteroatoms. The largest absolute Gasteiger partial charge is 0.489 e. The van der Waals surface area contributed by atoms with Gasteiger partial charge in [-0.2, -0.15) is 0 Å². The summed E-state index contributed by atoms with van der Waals surface area (Å²) in [6.45, 7) is 13.8. The van der Waals surface area contributed by atoms with Gasteiger partial charge in [0.25, 0.3) is 0 Å². The van der Waals surface area contributed by atoms with E-state index in [1.807, 2.05) is 34.6 Å². The van der Waals surface area contributed by atoms with Gasteiger partial charge in [-0.1, -0.05) is 51.3 Å². The molecule has 1 aromatic rings. The number of nitrogens with one attached hydrogen (secondary N) is 3. The summed E-state index contributed by atoms with van der Waals surface area (Å²) in [5.41, 5.74) is 1.76. The van der Waals surface area contributed by atoms with E-state index in [9.17, 15) is 19.2 Å². The van der Waals surface area contributed by atoms with Crippen LogP contribution in [0.3, 0.4) is 0 Å². The second kappa shape index (κ2) is 17.9. The second-order valence-electron chi connectivity index (χ2n) is 14.9. The van der Waals surface area contributed by atoms with Crippen LogP contribution in [-0.2, 0) is 32.0 Å². The zero-order chi connectivity index (χ0) is 34.7. The Morgan fingerprint density at radius 3 is 2.38 bits per heavy atom. The highest BCUT2D eigenvalue weighted by molar-refractivity contribution is 5.92. The van der Waals surface area contributed by atoms with Crippen LogP contribution >= 0.6 is 0 Å². The van der Waals surface area contributed by atoms with E-state index in [0.29, 0.717) is 19.5 Å². The van der Waals surface area contributed by atoms with Crippen LogP contribution in [-0.4, -0.2) is 78.6 Å². The average molecular weight is 657 g/mol. The number of amides is 3. The molecule has 4 atom stereocenters. The third kappa shape index (κ3) is 12.1. The SMILES string of the molecule is CC(=O)[C@@H](CC(C)C)NC(=O)[C@@H](C)N(C)C(=O)[C@@H](NC[C@H]1CCc2cccc(CCCNC(=O)OC(C)(C)C)c2O1)C1CCCCC1. The van der Waals surface area contributed by atoms with Gasteiger partial charge in [0, 0.05) is 20.1 Å². The van der Waals surface area contributed by atoms with Gasteiger partial charge in [0.2, 0.25) is 11.8 Å². The smallest absolute Gasteiger partial charge is 0.407 e. The lowest BCUT2D eigenvalue weighted by Gasteiger charge is -2.36. The maximum atomic E-state index is 14.0. The topological polar surface area (TPSA) is 126 Å². The molecular formula is C37H60N4O6. The number of aryl methyl sites for hydroxylation is 2. The van der Waals surface area contributed by atoms with E-state index < -0.39 is 29.8 Å². The predicted octanol–water partition coefficient (Wildman–Crippen LogP) is 5.34. The first-order chi connectivity index (χ1) is 22.2. The number of nitrogens with zero attached hydrogens (tertiary/aromatic N) is 1. The normalized spacial score (nSPS) is 18.7. The fourth-order valence-electron chi connectivity index (χ4n) is 6.51. The minimum atomic E-state index is -0.713. The third-order valence-electron chi connectivity index (χ3n) is 9.26. The molecule has 10 nitrogen and oxygen atoms in total. The minimum Gasteiger partial charge on any atom is -0.489 e. The maximum Gasteiger partial charge on any atom is 0.407 e. The molecule has 0 unspecified atom stereocenters. The number of ketones is 1. The monoisotopic (exact) mass is 656 g/mol. The molecule has 0 radical (unpaired) electrons. The van der Waals surface area contributed by atoms with Gasteiger partial charge in [0.1, 0.15) is 23.5 Å². The van der Waals surface area contributed by atoms with Crippen molar-refractivity contribution in [3.8, 4) is 5.75 Å². The van der Waals surface area contributed by atoms with Crippen molar-refractivity contribution in [2.75, 3.05) is 20.1 Å². The van der Waals surface area contributed by atoms with Crippen molar-refractivity contribution in [2.45, 2.75) is 143 Å². The summed E-state index contributed by atoms with van der Waals surface area (Å²) in [4.78, 5) is 53.0. The van der Waals surface area contributed by atoms with E-state index in [0.717, 1.165) is 62.7 Å². The number of carbonyl (C=O) groups excluding carboxylic acids is 4. The lowest BCUT2D eigenvalue weighted by molar-refractivity contribution is -0.142. The van der Waals surface area contributed by atoms with Gasteiger partial charge in [-0.15, -0.1) is 0 Å². The van der Waals surface area contributed by atoms with Crippen LogP contribution in [0.2, 0.25) is 0 Å². The summed E-state index contributed by atoms with van der Waals surface area (Å²) < 4.78 is 11.9. The van der Waals surface area contributed by atoms with Gasteiger partial charge in [-0.05, 0) is 103 Å². The lowest BCUT2D eigenvalue weighted by atomic mass is 9.83. The molecule has 3 rings (SSSR count). The molecule has 47 heavy (non-hydrogen) atoms. The number of benzene rings is 1. The molecule has 3 N–H and O–H groups in total. The quantitative estimate of drug-likeness (QED) is 0.218. The Morgan fingerprint density at radius 2 is 1.74 bits per heavy atom. The van der Waals surface area contributed by atoms with Crippen molar-refractivity contribution in [2.24, 2.45) is 11.8 Å². The van der Waals surface area contributed by atoms with Crippen LogP contribution in [0, 0.1) is 11.8 Å². The first-order valence-electron chi connectivity index (χ1n) is 17.7. The standard InChI is InChI=1S/C37H60N4O6/c1-24(2)22-31(26(4)42)40-34(43)25(3)41(8)35(44)32(27-14-10-9-11-15-27)39-23-30-20-19-29-17-12-16-28(33(29)46-30)18-13-21-38-36(45)47-37(5,6)7/h12,16-17,24-25,27,30-32,39H,9-11,13-15,18-23H2,1-8H3,(H,38,45)(H,40,43)/t25-,30-,31-,32+/m1/s1. The summed E-state index contributed by atoms with van der Waals surface area (Å²) >= 11 is 0. The highest BCUT2D eigenvalue weighted by Gasteiger charge is 2.36. The summed E-state index contributed by atoms with van der Waals surface area (Å²) in [5.74, 6) is 0.855. The first kappa shape index (κ1) is 38.3. The van der Waals surface area contributed by atoms with Crippen molar-refractivity contribution in [1.29, 1.82) is 0 Å². The van der Waals surface area contributed by atoms with E-state index in [2.05, 4.69) is 34.1 Å². The number of Topliss-reactive ketones (excluding diaryl/α,β-unsaturated/α-hetero) is 1. The molecule has 1 aliphatic carbocycles. The van der Waals surface area contributed by atoms with E-state index >= 15 is 0 Å². The van der Waals surface area contributed by atoms with Crippen LogP contribution in [0.1, 0.15) is 111 Å². The van der Waals surface area contributed by atoms with E-state index in [4.69, 9.17) is 9.47 Å². The Morgan fingerprint density at radius 1 is 1.04 bits per heavy atom. The van der Waals surface area contributed by atoms with E-state index in [-0.39, 0.29) is 35.5 Å². The molecule has 264 valence electrons. The Hall–Kier alpha value is -3.14.